The fourth-order valence-electron chi connectivity index (χ4n) is 3.83. The van der Waals surface area contributed by atoms with E-state index in [0.29, 0.717) is 0 Å². The van der Waals surface area contributed by atoms with E-state index < -0.39 is 0 Å². The molecule has 0 spiro atoms. The van der Waals surface area contributed by atoms with Crippen LogP contribution in [0.15, 0.2) is 30.5 Å². The van der Waals surface area contributed by atoms with Crippen molar-refractivity contribution >= 4 is 10.9 Å². The lowest BCUT2D eigenvalue weighted by molar-refractivity contribution is 0.282. The molecule has 0 aliphatic carbocycles. The smallest absolute Gasteiger partial charge is 0.0458 e. The molecule has 1 aromatic heterocycles. The Morgan fingerprint density at radius 3 is 3.06 bits per heavy atom. The maximum absolute atomic E-state index is 3.88. The molecule has 2 N–H and O–H groups in total. The van der Waals surface area contributed by atoms with Gasteiger partial charge >= 0.3 is 0 Å². The van der Waals surface area contributed by atoms with Crippen LogP contribution in [0.2, 0.25) is 0 Å². The van der Waals surface area contributed by atoms with Gasteiger partial charge in [0.15, 0.2) is 0 Å². The zero-order valence-electron chi connectivity index (χ0n) is 10.00. The molecule has 2 aromatic rings. The van der Waals surface area contributed by atoms with Crippen LogP contribution in [0.25, 0.3) is 10.9 Å². The standard InChI is InChI=1S/C15H18N2/c1-2-6-14-12(5-1)13(10-16-14)15-8-3-4-11(17-15)7-9-15/h1-2,5-6,10-11,16-17H,3-4,7-9H2. The fraction of sp³-hybridized carbons (Fsp3) is 0.467. The average Bonchev–Trinajstić information content (AvgIpc) is 2.92. The molecule has 2 bridgehead atoms. The number of fused-ring (bicyclic) bond motifs is 3. The van der Waals surface area contributed by atoms with Gasteiger partial charge in [-0.05, 0) is 43.7 Å². The first-order valence-corrected chi connectivity index (χ1v) is 6.72. The molecule has 2 heteroatoms. The minimum Gasteiger partial charge on any atom is -0.361 e. The number of piperidine rings is 1. The minimum atomic E-state index is 0.266. The van der Waals surface area contributed by atoms with Crippen LogP contribution < -0.4 is 5.32 Å². The van der Waals surface area contributed by atoms with Gasteiger partial charge in [-0.15, -0.1) is 0 Å². The van der Waals surface area contributed by atoms with Gasteiger partial charge in [0.1, 0.15) is 0 Å². The number of rotatable bonds is 1. The second kappa shape index (κ2) is 3.36. The predicted octanol–water partition coefficient (Wildman–Crippen LogP) is 3.30. The first kappa shape index (κ1) is 9.72. The summed E-state index contributed by atoms with van der Waals surface area (Å²) in [4.78, 5) is 3.42. The Kier molecular flexibility index (Phi) is 1.92. The summed E-state index contributed by atoms with van der Waals surface area (Å²) < 4.78 is 0. The van der Waals surface area contributed by atoms with Gasteiger partial charge in [-0.2, -0.15) is 0 Å². The number of aromatic nitrogens is 1. The van der Waals surface area contributed by atoms with Crippen molar-refractivity contribution in [3.8, 4) is 0 Å². The number of hydrogen-bond donors (Lipinski definition) is 2. The Balaban J connectivity index is 1.88. The highest BCUT2D eigenvalue weighted by Crippen LogP contribution is 2.45. The van der Waals surface area contributed by atoms with E-state index in [2.05, 4.69) is 40.8 Å². The summed E-state index contributed by atoms with van der Waals surface area (Å²) in [7, 11) is 0. The van der Waals surface area contributed by atoms with Crippen molar-refractivity contribution in [1.29, 1.82) is 0 Å². The number of hydrogen-bond acceptors (Lipinski definition) is 1. The summed E-state index contributed by atoms with van der Waals surface area (Å²) in [5.74, 6) is 0. The van der Waals surface area contributed by atoms with Crippen molar-refractivity contribution in [3.05, 3.63) is 36.0 Å². The van der Waals surface area contributed by atoms with Crippen LogP contribution in [0.3, 0.4) is 0 Å². The van der Waals surface area contributed by atoms with E-state index >= 15 is 0 Å². The van der Waals surface area contributed by atoms with E-state index in [1.165, 1.54) is 48.6 Å². The number of para-hydroxylation sites is 1. The third-order valence-electron chi connectivity index (χ3n) is 4.66. The van der Waals surface area contributed by atoms with Crippen LogP contribution in [-0.4, -0.2) is 11.0 Å². The van der Waals surface area contributed by atoms with Crippen molar-refractivity contribution < 1.29 is 0 Å². The second-order valence-electron chi connectivity index (χ2n) is 5.60. The number of aromatic amines is 1. The molecular weight excluding hydrogens is 208 g/mol. The minimum absolute atomic E-state index is 0.266. The monoisotopic (exact) mass is 226 g/mol. The SMILES string of the molecule is c1ccc2c(C34CCCC(CC3)N4)c[nH]c2c1. The van der Waals surface area contributed by atoms with Crippen molar-refractivity contribution in [2.45, 2.75) is 43.7 Å². The summed E-state index contributed by atoms with van der Waals surface area (Å²) >= 11 is 0. The number of benzene rings is 1. The van der Waals surface area contributed by atoms with E-state index in [9.17, 15) is 0 Å². The van der Waals surface area contributed by atoms with Crippen LogP contribution in [0.1, 0.15) is 37.7 Å². The van der Waals surface area contributed by atoms with Crippen LogP contribution in [-0.2, 0) is 5.54 Å². The van der Waals surface area contributed by atoms with Gasteiger partial charge in [0.25, 0.3) is 0 Å². The molecule has 88 valence electrons. The van der Waals surface area contributed by atoms with E-state index in [1.807, 2.05) is 0 Å². The lowest BCUT2D eigenvalue weighted by atomic mass is 9.83. The largest absolute Gasteiger partial charge is 0.361 e. The molecule has 2 nitrogen and oxygen atoms in total. The fourth-order valence-corrected chi connectivity index (χ4v) is 3.83. The Hall–Kier alpha value is -1.28. The van der Waals surface area contributed by atoms with E-state index in [4.69, 9.17) is 0 Å². The molecule has 0 saturated carbocycles. The molecule has 2 fully saturated rings. The molecule has 0 radical (unpaired) electrons. The molecule has 1 aromatic carbocycles. The van der Waals surface area contributed by atoms with Crippen LogP contribution in [0, 0.1) is 0 Å². The summed E-state index contributed by atoms with van der Waals surface area (Å²) in [6.45, 7) is 0. The molecule has 2 atom stereocenters. The molecule has 2 aliphatic rings. The van der Waals surface area contributed by atoms with E-state index in [1.54, 1.807) is 0 Å². The molecule has 17 heavy (non-hydrogen) atoms. The Labute approximate surface area is 101 Å². The van der Waals surface area contributed by atoms with Crippen molar-refractivity contribution in [1.82, 2.24) is 10.3 Å². The van der Waals surface area contributed by atoms with Gasteiger partial charge in [0.05, 0.1) is 0 Å². The van der Waals surface area contributed by atoms with Crippen molar-refractivity contribution in [3.63, 3.8) is 0 Å². The molecule has 2 saturated heterocycles. The van der Waals surface area contributed by atoms with E-state index in [0.717, 1.165) is 6.04 Å². The molecule has 0 amide bonds. The third-order valence-corrected chi connectivity index (χ3v) is 4.66. The quantitative estimate of drug-likeness (QED) is 0.767. The number of H-pyrrole nitrogens is 1. The Morgan fingerprint density at radius 1 is 1.12 bits per heavy atom. The lowest BCUT2D eigenvalue weighted by Gasteiger charge is -2.34. The highest BCUT2D eigenvalue weighted by Gasteiger charge is 2.43. The van der Waals surface area contributed by atoms with Gasteiger partial charge < -0.3 is 10.3 Å². The summed E-state index contributed by atoms with van der Waals surface area (Å²) in [5.41, 5.74) is 3.03. The normalized spacial score (nSPS) is 32.1. The molecule has 2 aliphatic heterocycles. The summed E-state index contributed by atoms with van der Waals surface area (Å²) in [6, 6.07) is 9.43. The van der Waals surface area contributed by atoms with Crippen LogP contribution in [0.5, 0.6) is 0 Å². The second-order valence-corrected chi connectivity index (χ2v) is 5.60. The molecule has 4 rings (SSSR count). The lowest BCUT2D eigenvalue weighted by Crippen LogP contribution is -2.43. The highest BCUT2D eigenvalue weighted by molar-refractivity contribution is 5.84. The van der Waals surface area contributed by atoms with Crippen molar-refractivity contribution in [2.24, 2.45) is 0 Å². The van der Waals surface area contributed by atoms with E-state index in [-0.39, 0.29) is 5.54 Å². The average molecular weight is 226 g/mol. The summed E-state index contributed by atoms with van der Waals surface area (Å²) in [6.07, 6.45) is 8.91. The summed E-state index contributed by atoms with van der Waals surface area (Å²) in [5, 5.41) is 5.28. The van der Waals surface area contributed by atoms with Gasteiger partial charge in [-0.3, -0.25) is 0 Å². The Morgan fingerprint density at radius 2 is 2.06 bits per heavy atom. The maximum atomic E-state index is 3.88. The zero-order chi connectivity index (χ0) is 11.3. The predicted molar refractivity (Wildman–Crippen MR) is 70.0 cm³/mol. The van der Waals surface area contributed by atoms with Gasteiger partial charge in [0, 0.05) is 28.7 Å². The molecular formula is C15H18N2. The Bertz CT molecular complexity index is 553. The van der Waals surface area contributed by atoms with Gasteiger partial charge in [-0.25, -0.2) is 0 Å². The van der Waals surface area contributed by atoms with Crippen molar-refractivity contribution in [2.75, 3.05) is 0 Å². The van der Waals surface area contributed by atoms with Gasteiger partial charge in [-0.1, -0.05) is 18.2 Å². The van der Waals surface area contributed by atoms with Crippen LogP contribution in [0.4, 0.5) is 0 Å². The third kappa shape index (κ3) is 1.31. The first-order valence-electron chi connectivity index (χ1n) is 6.72. The maximum Gasteiger partial charge on any atom is 0.0458 e. The molecule has 2 unspecified atom stereocenters. The first-order chi connectivity index (χ1) is 8.37. The highest BCUT2D eigenvalue weighted by atomic mass is 15.1. The van der Waals surface area contributed by atoms with Gasteiger partial charge in [0.2, 0.25) is 0 Å². The molecule has 3 heterocycles. The zero-order valence-corrected chi connectivity index (χ0v) is 10.00. The number of nitrogens with one attached hydrogen (secondary N) is 2. The van der Waals surface area contributed by atoms with Crippen LogP contribution >= 0.6 is 0 Å². The topological polar surface area (TPSA) is 27.8 Å².